The maximum Gasteiger partial charge on any atom is 0.244 e. The van der Waals surface area contributed by atoms with Crippen molar-refractivity contribution in [1.29, 1.82) is 0 Å². The van der Waals surface area contributed by atoms with Crippen LogP contribution < -0.4 is 5.32 Å². The SMILES string of the molecule is O=C(/C=C/c1ccco1)NCC#Cc1ccccc1F. The van der Waals surface area contributed by atoms with E-state index < -0.39 is 0 Å². The lowest BCUT2D eigenvalue weighted by atomic mass is 10.2. The molecule has 3 nitrogen and oxygen atoms in total. The van der Waals surface area contributed by atoms with Crippen molar-refractivity contribution in [2.75, 3.05) is 6.54 Å². The van der Waals surface area contributed by atoms with Crippen LogP contribution in [0.4, 0.5) is 4.39 Å². The summed E-state index contributed by atoms with van der Waals surface area (Å²) in [4.78, 5) is 11.4. The fourth-order valence-electron chi connectivity index (χ4n) is 1.44. The van der Waals surface area contributed by atoms with Crippen LogP contribution in [0.3, 0.4) is 0 Å². The number of hydrogen-bond donors (Lipinski definition) is 1. The van der Waals surface area contributed by atoms with Gasteiger partial charge in [0.2, 0.25) is 5.91 Å². The van der Waals surface area contributed by atoms with Gasteiger partial charge < -0.3 is 9.73 Å². The van der Waals surface area contributed by atoms with E-state index in [9.17, 15) is 9.18 Å². The molecule has 0 spiro atoms. The number of nitrogens with one attached hydrogen (secondary N) is 1. The summed E-state index contributed by atoms with van der Waals surface area (Å²) in [5.41, 5.74) is 0.313. The maximum atomic E-state index is 13.2. The summed E-state index contributed by atoms with van der Waals surface area (Å²) in [6.45, 7) is 0.148. The molecular weight excluding hydrogens is 257 g/mol. The van der Waals surface area contributed by atoms with Crippen LogP contribution in [0.5, 0.6) is 0 Å². The largest absolute Gasteiger partial charge is 0.465 e. The molecule has 1 heterocycles. The van der Waals surface area contributed by atoms with Crippen LogP contribution in [0.15, 0.2) is 53.2 Å². The van der Waals surface area contributed by atoms with Crippen molar-refractivity contribution >= 4 is 12.0 Å². The monoisotopic (exact) mass is 269 g/mol. The van der Waals surface area contributed by atoms with E-state index in [4.69, 9.17) is 4.42 Å². The highest BCUT2D eigenvalue weighted by Gasteiger charge is 1.95. The molecule has 1 aromatic carbocycles. The number of halogens is 1. The van der Waals surface area contributed by atoms with Crippen molar-refractivity contribution < 1.29 is 13.6 Å². The van der Waals surface area contributed by atoms with E-state index in [0.717, 1.165) is 0 Å². The van der Waals surface area contributed by atoms with Crippen LogP contribution in [0.1, 0.15) is 11.3 Å². The Morgan fingerprint density at radius 3 is 2.90 bits per heavy atom. The Hall–Kier alpha value is -2.80. The molecular formula is C16H12FNO2. The molecule has 1 N–H and O–H groups in total. The van der Waals surface area contributed by atoms with Crippen molar-refractivity contribution in [2.24, 2.45) is 0 Å². The summed E-state index contributed by atoms with van der Waals surface area (Å²) < 4.78 is 18.3. The summed E-state index contributed by atoms with van der Waals surface area (Å²) in [6, 6.07) is 9.70. The van der Waals surface area contributed by atoms with Gasteiger partial charge in [0.25, 0.3) is 0 Å². The summed E-state index contributed by atoms with van der Waals surface area (Å²) in [5, 5.41) is 2.57. The van der Waals surface area contributed by atoms with E-state index in [-0.39, 0.29) is 18.3 Å². The zero-order chi connectivity index (χ0) is 14.2. The molecule has 1 amide bonds. The number of furan rings is 1. The second-order valence-corrected chi connectivity index (χ2v) is 3.85. The first-order valence-corrected chi connectivity index (χ1v) is 5.98. The molecule has 0 radical (unpaired) electrons. The van der Waals surface area contributed by atoms with Crippen LogP contribution in [0.25, 0.3) is 6.08 Å². The quantitative estimate of drug-likeness (QED) is 0.687. The van der Waals surface area contributed by atoms with Gasteiger partial charge in [-0.25, -0.2) is 4.39 Å². The maximum absolute atomic E-state index is 13.2. The smallest absolute Gasteiger partial charge is 0.244 e. The zero-order valence-corrected chi connectivity index (χ0v) is 10.6. The van der Waals surface area contributed by atoms with E-state index in [1.807, 2.05) is 0 Å². The van der Waals surface area contributed by atoms with Crippen LogP contribution in [0, 0.1) is 17.7 Å². The highest BCUT2D eigenvalue weighted by atomic mass is 19.1. The number of carbonyl (C=O) groups is 1. The van der Waals surface area contributed by atoms with E-state index in [1.165, 1.54) is 18.4 Å². The fraction of sp³-hybridized carbons (Fsp3) is 0.0625. The van der Waals surface area contributed by atoms with Crippen LogP contribution in [-0.4, -0.2) is 12.5 Å². The molecule has 4 heteroatoms. The van der Waals surface area contributed by atoms with Crippen molar-refractivity contribution in [3.63, 3.8) is 0 Å². The van der Waals surface area contributed by atoms with Gasteiger partial charge in [-0.3, -0.25) is 4.79 Å². The minimum Gasteiger partial charge on any atom is -0.465 e. The zero-order valence-electron chi connectivity index (χ0n) is 10.6. The van der Waals surface area contributed by atoms with Gasteiger partial charge in [0, 0.05) is 6.08 Å². The summed E-state index contributed by atoms with van der Waals surface area (Å²) in [7, 11) is 0. The molecule has 2 aromatic rings. The normalized spacial score (nSPS) is 10.1. The number of benzene rings is 1. The number of rotatable bonds is 3. The Kier molecular flexibility index (Phi) is 4.74. The third kappa shape index (κ3) is 4.14. The Labute approximate surface area is 116 Å². The summed E-state index contributed by atoms with van der Waals surface area (Å²) >= 11 is 0. The molecule has 0 aliphatic carbocycles. The number of carbonyl (C=O) groups excluding carboxylic acids is 1. The van der Waals surface area contributed by atoms with E-state index >= 15 is 0 Å². The van der Waals surface area contributed by atoms with Gasteiger partial charge in [-0.15, -0.1) is 0 Å². The first-order chi connectivity index (χ1) is 9.75. The van der Waals surface area contributed by atoms with Gasteiger partial charge in [-0.1, -0.05) is 24.0 Å². The van der Waals surface area contributed by atoms with Gasteiger partial charge in [-0.2, -0.15) is 0 Å². The fourth-order valence-corrected chi connectivity index (χ4v) is 1.44. The third-order valence-corrected chi connectivity index (χ3v) is 2.39. The lowest BCUT2D eigenvalue weighted by molar-refractivity contribution is -0.116. The van der Waals surface area contributed by atoms with E-state index in [1.54, 1.807) is 36.4 Å². The lowest BCUT2D eigenvalue weighted by Gasteiger charge is -1.94. The highest BCUT2D eigenvalue weighted by Crippen LogP contribution is 2.03. The topological polar surface area (TPSA) is 42.2 Å². The second-order valence-electron chi connectivity index (χ2n) is 3.85. The van der Waals surface area contributed by atoms with Gasteiger partial charge in [0.15, 0.2) is 0 Å². The minimum atomic E-state index is -0.371. The Morgan fingerprint density at radius 1 is 1.30 bits per heavy atom. The molecule has 0 saturated heterocycles. The average Bonchev–Trinajstić information content (AvgIpc) is 2.96. The summed E-state index contributed by atoms with van der Waals surface area (Å²) in [6.07, 6.45) is 4.43. The molecule has 0 bridgehead atoms. The molecule has 0 fully saturated rings. The molecule has 2 rings (SSSR count). The van der Waals surface area contributed by atoms with Crippen molar-refractivity contribution in [1.82, 2.24) is 5.32 Å². The van der Waals surface area contributed by atoms with Crippen molar-refractivity contribution in [2.45, 2.75) is 0 Å². The number of amides is 1. The molecule has 0 unspecified atom stereocenters. The van der Waals surface area contributed by atoms with E-state index in [0.29, 0.717) is 11.3 Å². The Morgan fingerprint density at radius 2 is 2.15 bits per heavy atom. The molecule has 0 aliphatic rings. The highest BCUT2D eigenvalue weighted by molar-refractivity contribution is 5.91. The minimum absolute atomic E-state index is 0.148. The standard InChI is InChI=1S/C16H12FNO2/c17-15-8-2-1-5-13(15)6-3-11-18-16(19)10-9-14-7-4-12-20-14/h1-2,4-5,7-10,12H,11H2,(H,18,19)/b10-9+. The molecule has 1 aromatic heterocycles. The van der Waals surface area contributed by atoms with Crippen LogP contribution in [-0.2, 0) is 4.79 Å². The molecule has 0 aliphatic heterocycles. The third-order valence-electron chi connectivity index (χ3n) is 2.39. The number of hydrogen-bond acceptors (Lipinski definition) is 2. The van der Waals surface area contributed by atoms with Crippen LogP contribution in [0.2, 0.25) is 0 Å². The average molecular weight is 269 g/mol. The Balaban J connectivity index is 1.82. The van der Waals surface area contributed by atoms with Gasteiger partial charge in [0.05, 0.1) is 18.4 Å². The van der Waals surface area contributed by atoms with Crippen LogP contribution >= 0.6 is 0 Å². The lowest BCUT2D eigenvalue weighted by Crippen LogP contribution is -2.20. The molecule has 0 atom stereocenters. The van der Waals surface area contributed by atoms with Crippen molar-refractivity contribution in [3.05, 3.63) is 65.9 Å². The second kappa shape index (κ2) is 6.95. The molecule has 100 valence electrons. The summed E-state index contributed by atoms with van der Waals surface area (Å²) in [5.74, 6) is 5.28. The first-order valence-electron chi connectivity index (χ1n) is 5.98. The van der Waals surface area contributed by atoms with Gasteiger partial charge in [-0.05, 0) is 30.3 Å². The predicted molar refractivity (Wildman–Crippen MR) is 74.0 cm³/mol. The van der Waals surface area contributed by atoms with Crippen molar-refractivity contribution in [3.8, 4) is 11.8 Å². The molecule has 20 heavy (non-hydrogen) atoms. The Bertz CT molecular complexity index is 663. The first kappa shape index (κ1) is 13.6. The van der Waals surface area contributed by atoms with E-state index in [2.05, 4.69) is 17.2 Å². The molecule has 0 saturated carbocycles. The predicted octanol–water partition coefficient (Wildman–Crippen LogP) is 2.60. The van der Waals surface area contributed by atoms with Gasteiger partial charge >= 0.3 is 0 Å². The van der Waals surface area contributed by atoms with Gasteiger partial charge in [0.1, 0.15) is 11.6 Å².